The molecule has 1 N–H and O–H groups in total. The lowest BCUT2D eigenvalue weighted by molar-refractivity contribution is -0.113. The summed E-state index contributed by atoms with van der Waals surface area (Å²) in [6.07, 6.45) is 2.78. The van der Waals surface area contributed by atoms with Crippen LogP contribution in [-0.4, -0.2) is 29.4 Å². The molecule has 1 amide bonds. The summed E-state index contributed by atoms with van der Waals surface area (Å²) in [5.74, 6) is 2.52. The van der Waals surface area contributed by atoms with Crippen molar-refractivity contribution in [3.63, 3.8) is 0 Å². The van der Waals surface area contributed by atoms with Gasteiger partial charge >= 0.3 is 0 Å². The van der Waals surface area contributed by atoms with Crippen LogP contribution in [0.15, 0.2) is 36.5 Å². The Kier molecular flexibility index (Phi) is 5.81. The largest absolute Gasteiger partial charge is 0.492 e. The van der Waals surface area contributed by atoms with Gasteiger partial charge in [-0.3, -0.25) is 9.78 Å². The Morgan fingerprint density at radius 3 is 3.08 bits per heavy atom. The minimum Gasteiger partial charge on any atom is -0.492 e. The molecule has 0 aliphatic carbocycles. The molecular weight excluding hydrogens is 336 g/mol. The third kappa shape index (κ3) is 4.66. The van der Waals surface area contributed by atoms with Crippen LogP contribution in [0.25, 0.3) is 0 Å². The third-order valence-electron chi connectivity index (χ3n) is 3.78. The normalized spacial score (nSPS) is 15.4. The molecule has 1 aliphatic rings. The number of aromatic nitrogens is 1. The van der Waals surface area contributed by atoms with E-state index in [4.69, 9.17) is 9.47 Å². The molecule has 0 fully saturated rings. The molecule has 132 valence electrons. The summed E-state index contributed by atoms with van der Waals surface area (Å²) in [6.45, 7) is 4.51. The van der Waals surface area contributed by atoms with Crippen molar-refractivity contribution in [2.45, 2.75) is 32.1 Å². The van der Waals surface area contributed by atoms with Crippen molar-refractivity contribution in [3.8, 4) is 11.5 Å². The Morgan fingerprint density at radius 1 is 1.44 bits per heavy atom. The van der Waals surface area contributed by atoms with Crippen LogP contribution in [0.5, 0.6) is 11.5 Å². The van der Waals surface area contributed by atoms with Gasteiger partial charge in [0.05, 0.1) is 23.7 Å². The van der Waals surface area contributed by atoms with Crippen molar-refractivity contribution in [1.29, 1.82) is 0 Å². The van der Waals surface area contributed by atoms with E-state index in [9.17, 15) is 4.79 Å². The van der Waals surface area contributed by atoms with Gasteiger partial charge in [-0.1, -0.05) is 6.07 Å². The Labute approximate surface area is 152 Å². The Bertz CT molecular complexity index is 737. The van der Waals surface area contributed by atoms with Gasteiger partial charge in [-0.25, -0.2) is 0 Å². The maximum atomic E-state index is 12.3. The number of benzene rings is 1. The van der Waals surface area contributed by atoms with Gasteiger partial charge in [-0.2, -0.15) is 0 Å². The van der Waals surface area contributed by atoms with Gasteiger partial charge in [0.1, 0.15) is 17.6 Å². The number of anilines is 1. The van der Waals surface area contributed by atoms with Crippen molar-refractivity contribution in [2.75, 3.05) is 17.7 Å². The third-order valence-corrected chi connectivity index (χ3v) is 4.75. The van der Waals surface area contributed by atoms with E-state index in [-0.39, 0.29) is 12.0 Å². The first-order valence-corrected chi connectivity index (χ1v) is 9.55. The second kappa shape index (κ2) is 8.25. The van der Waals surface area contributed by atoms with Crippen molar-refractivity contribution in [2.24, 2.45) is 0 Å². The molecule has 6 heteroatoms. The molecule has 2 heterocycles. The highest BCUT2D eigenvalue weighted by Crippen LogP contribution is 2.38. The highest BCUT2D eigenvalue weighted by molar-refractivity contribution is 7.99. The van der Waals surface area contributed by atoms with Gasteiger partial charge in [-0.15, -0.1) is 11.8 Å². The minimum absolute atomic E-state index is 0.0621. The number of amides is 1. The van der Waals surface area contributed by atoms with Crippen LogP contribution in [0.3, 0.4) is 0 Å². The zero-order chi connectivity index (χ0) is 17.6. The lowest BCUT2D eigenvalue weighted by Gasteiger charge is -2.13. The second-order valence-electron chi connectivity index (χ2n) is 5.88. The molecule has 25 heavy (non-hydrogen) atoms. The first-order valence-electron chi connectivity index (χ1n) is 8.39. The fraction of sp³-hybridized carbons (Fsp3) is 0.368. The summed E-state index contributed by atoms with van der Waals surface area (Å²) in [4.78, 5) is 16.5. The molecule has 0 saturated heterocycles. The maximum Gasteiger partial charge on any atom is 0.234 e. The SMILES string of the molecule is CCOc1cc2c(cc1NC(=O)CSCc1ccccn1)O[C@@H](C)C2. The van der Waals surface area contributed by atoms with Gasteiger partial charge in [0.25, 0.3) is 0 Å². The van der Waals surface area contributed by atoms with Gasteiger partial charge in [-0.05, 0) is 32.0 Å². The lowest BCUT2D eigenvalue weighted by Crippen LogP contribution is -2.15. The molecule has 0 unspecified atom stereocenters. The monoisotopic (exact) mass is 358 g/mol. The number of rotatable bonds is 7. The number of pyridine rings is 1. The number of hydrogen-bond donors (Lipinski definition) is 1. The molecule has 1 aliphatic heterocycles. The minimum atomic E-state index is -0.0621. The van der Waals surface area contributed by atoms with Gasteiger partial charge in [0.15, 0.2) is 0 Å². The van der Waals surface area contributed by atoms with E-state index in [2.05, 4.69) is 10.3 Å². The molecule has 2 aromatic rings. The first kappa shape index (κ1) is 17.6. The molecule has 0 radical (unpaired) electrons. The summed E-state index contributed by atoms with van der Waals surface area (Å²) in [6, 6.07) is 9.62. The van der Waals surface area contributed by atoms with Crippen LogP contribution in [0.4, 0.5) is 5.69 Å². The van der Waals surface area contributed by atoms with Gasteiger partial charge in [0.2, 0.25) is 5.91 Å². The summed E-state index contributed by atoms with van der Waals surface area (Å²) in [5, 5.41) is 2.94. The summed E-state index contributed by atoms with van der Waals surface area (Å²) >= 11 is 1.53. The lowest BCUT2D eigenvalue weighted by atomic mass is 10.1. The standard InChI is InChI=1S/C19H22N2O3S/c1-3-23-18-9-14-8-13(2)24-17(14)10-16(18)21-19(22)12-25-11-15-6-4-5-7-20-15/h4-7,9-10,13H,3,8,11-12H2,1-2H3,(H,21,22)/t13-/m0/s1. The molecule has 1 aromatic carbocycles. The van der Waals surface area contributed by atoms with E-state index in [1.165, 1.54) is 11.8 Å². The number of thioether (sulfide) groups is 1. The van der Waals surface area contributed by atoms with Crippen molar-refractivity contribution >= 4 is 23.4 Å². The Morgan fingerprint density at radius 2 is 2.32 bits per heavy atom. The average molecular weight is 358 g/mol. The summed E-state index contributed by atoms with van der Waals surface area (Å²) in [5.41, 5.74) is 2.76. The van der Waals surface area contributed by atoms with Crippen molar-refractivity contribution < 1.29 is 14.3 Å². The van der Waals surface area contributed by atoms with Crippen LogP contribution in [0.1, 0.15) is 25.1 Å². The number of fused-ring (bicyclic) bond motifs is 1. The molecule has 5 nitrogen and oxygen atoms in total. The van der Waals surface area contributed by atoms with Crippen LogP contribution in [0, 0.1) is 0 Å². The first-order chi connectivity index (χ1) is 12.2. The zero-order valence-corrected chi connectivity index (χ0v) is 15.3. The van der Waals surface area contributed by atoms with Crippen LogP contribution < -0.4 is 14.8 Å². The van der Waals surface area contributed by atoms with Gasteiger partial charge < -0.3 is 14.8 Å². The van der Waals surface area contributed by atoms with Crippen LogP contribution in [0.2, 0.25) is 0 Å². The number of nitrogens with one attached hydrogen (secondary N) is 1. The molecule has 1 atom stereocenters. The molecule has 1 aromatic heterocycles. The smallest absolute Gasteiger partial charge is 0.234 e. The summed E-state index contributed by atoms with van der Waals surface area (Å²) in [7, 11) is 0. The van der Waals surface area contributed by atoms with E-state index >= 15 is 0 Å². The van der Waals surface area contributed by atoms with Crippen LogP contribution >= 0.6 is 11.8 Å². The second-order valence-corrected chi connectivity index (χ2v) is 6.87. The number of carbonyl (C=O) groups is 1. The van der Waals surface area contributed by atoms with E-state index < -0.39 is 0 Å². The summed E-state index contributed by atoms with van der Waals surface area (Å²) < 4.78 is 11.5. The van der Waals surface area contributed by atoms with E-state index in [1.54, 1.807) is 6.20 Å². The molecule has 0 saturated carbocycles. The highest BCUT2D eigenvalue weighted by atomic mass is 32.2. The maximum absolute atomic E-state index is 12.3. The van der Waals surface area contributed by atoms with E-state index in [0.29, 0.717) is 29.5 Å². The number of carbonyl (C=O) groups excluding carboxylic acids is 1. The molecule has 0 spiro atoms. The zero-order valence-electron chi connectivity index (χ0n) is 14.5. The van der Waals surface area contributed by atoms with E-state index in [1.807, 2.05) is 44.2 Å². The highest BCUT2D eigenvalue weighted by Gasteiger charge is 2.22. The quantitative estimate of drug-likeness (QED) is 0.818. The predicted molar refractivity (Wildman–Crippen MR) is 100 cm³/mol. The average Bonchev–Trinajstić information content (AvgIpc) is 2.95. The Hall–Kier alpha value is -2.21. The van der Waals surface area contributed by atoms with Crippen molar-refractivity contribution in [3.05, 3.63) is 47.8 Å². The fourth-order valence-corrected chi connectivity index (χ4v) is 3.47. The fourth-order valence-electron chi connectivity index (χ4n) is 2.73. The van der Waals surface area contributed by atoms with Crippen molar-refractivity contribution in [1.82, 2.24) is 4.98 Å². The Balaban J connectivity index is 1.61. The van der Waals surface area contributed by atoms with Gasteiger partial charge in [0, 0.05) is 30.0 Å². The predicted octanol–water partition coefficient (Wildman–Crippen LogP) is 3.68. The topological polar surface area (TPSA) is 60.5 Å². The van der Waals surface area contributed by atoms with Crippen LogP contribution in [-0.2, 0) is 17.0 Å². The number of hydrogen-bond acceptors (Lipinski definition) is 5. The number of ether oxygens (including phenoxy) is 2. The number of nitrogens with zero attached hydrogens (tertiary/aromatic N) is 1. The molecule has 3 rings (SSSR count). The molecular formula is C19H22N2O3S. The van der Waals surface area contributed by atoms with E-state index in [0.717, 1.165) is 23.4 Å². The molecule has 0 bridgehead atoms.